The first-order valence-electron chi connectivity index (χ1n) is 6.67. The van der Waals surface area contributed by atoms with Crippen LogP contribution in [0.2, 0.25) is 0 Å². The number of nitrogens with zero attached hydrogens (tertiary/aromatic N) is 4. The van der Waals surface area contributed by atoms with Crippen LogP contribution in [0.1, 0.15) is 18.6 Å². The zero-order chi connectivity index (χ0) is 13.9. The molecule has 3 rings (SSSR count). The number of rotatable bonds is 4. The Morgan fingerprint density at radius 3 is 2.70 bits per heavy atom. The largest absolute Gasteiger partial charge is 0.468 e. The number of nitrogens with one attached hydrogen (secondary N) is 1. The highest BCUT2D eigenvalue weighted by Crippen LogP contribution is 2.30. The summed E-state index contributed by atoms with van der Waals surface area (Å²) in [5, 5.41) is 3.69. The quantitative estimate of drug-likeness (QED) is 0.928. The lowest BCUT2D eigenvalue weighted by atomic mass is 10.4. The second-order valence-electron chi connectivity index (χ2n) is 4.63. The molecule has 0 saturated carbocycles. The molecule has 0 atom stereocenters. The number of aryl methyl sites for hydroxylation is 1. The molecular formula is C13H17N5OS. The van der Waals surface area contributed by atoms with E-state index in [1.54, 1.807) is 6.26 Å². The van der Waals surface area contributed by atoms with E-state index in [1.165, 1.54) is 24.6 Å². The molecule has 3 heterocycles. The zero-order valence-corrected chi connectivity index (χ0v) is 12.4. The van der Waals surface area contributed by atoms with Crippen molar-refractivity contribution in [3.05, 3.63) is 18.1 Å². The summed E-state index contributed by atoms with van der Waals surface area (Å²) in [6.45, 7) is 3.97. The lowest BCUT2D eigenvalue weighted by molar-refractivity contribution is 0.527. The van der Waals surface area contributed by atoms with Crippen molar-refractivity contribution in [2.24, 2.45) is 0 Å². The monoisotopic (exact) mass is 291 g/mol. The van der Waals surface area contributed by atoms with Gasteiger partial charge in [-0.25, -0.2) is 0 Å². The van der Waals surface area contributed by atoms with E-state index in [9.17, 15) is 0 Å². The maximum Gasteiger partial charge on any atom is 0.231 e. The van der Waals surface area contributed by atoms with Crippen LogP contribution in [0.15, 0.2) is 26.8 Å². The van der Waals surface area contributed by atoms with Gasteiger partial charge in [0, 0.05) is 20.1 Å². The Bertz CT molecular complexity index is 594. The lowest BCUT2D eigenvalue weighted by Crippen LogP contribution is -2.21. The summed E-state index contributed by atoms with van der Waals surface area (Å²) in [5.74, 6) is 2.24. The van der Waals surface area contributed by atoms with Crippen LogP contribution >= 0.6 is 11.8 Å². The number of hydrogen-bond donors (Lipinski definition) is 1. The topological polar surface area (TPSA) is 67.1 Å². The van der Waals surface area contributed by atoms with Gasteiger partial charge in [0.15, 0.2) is 5.16 Å². The Labute approximate surface area is 122 Å². The molecule has 106 valence electrons. The summed E-state index contributed by atoms with van der Waals surface area (Å²) in [6, 6.07) is 1.93. The van der Waals surface area contributed by atoms with Gasteiger partial charge >= 0.3 is 0 Å². The van der Waals surface area contributed by atoms with Crippen molar-refractivity contribution < 1.29 is 4.42 Å². The van der Waals surface area contributed by atoms with Crippen molar-refractivity contribution >= 4 is 23.7 Å². The van der Waals surface area contributed by atoms with Gasteiger partial charge in [0.05, 0.1) is 11.2 Å². The molecule has 1 fully saturated rings. The highest BCUT2D eigenvalue weighted by Gasteiger charge is 2.18. The van der Waals surface area contributed by atoms with Crippen molar-refractivity contribution in [1.82, 2.24) is 15.0 Å². The highest BCUT2D eigenvalue weighted by atomic mass is 32.2. The predicted molar refractivity (Wildman–Crippen MR) is 78.4 cm³/mol. The second kappa shape index (κ2) is 5.70. The molecule has 0 aliphatic carbocycles. The molecule has 2 aromatic rings. The Morgan fingerprint density at radius 1 is 1.25 bits per heavy atom. The van der Waals surface area contributed by atoms with Crippen molar-refractivity contribution in [1.29, 1.82) is 0 Å². The van der Waals surface area contributed by atoms with Crippen molar-refractivity contribution in [2.45, 2.75) is 29.8 Å². The van der Waals surface area contributed by atoms with Crippen LogP contribution in [0.25, 0.3) is 0 Å². The summed E-state index contributed by atoms with van der Waals surface area (Å²) in [4.78, 5) is 16.6. The highest BCUT2D eigenvalue weighted by molar-refractivity contribution is 7.99. The first-order valence-corrected chi connectivity index (χ1v) is 7.48. The molecule has 1 aliphatic rings. The summed E-state index contributed by atoms with van der Waals surface area (Å²) in [5.41, 5.74) is 0. The SMILES string of the molecule is CNc1nc(Sc2ccoc2C)nc(N2CCCC2)n1. The molecule has 0 radical (unpaired) electrons. The smallest absolute Gasteiger partial charge is 0.231 e. The second-order valence-corrected chi connectivity index (χ2v) is 5.64. The zero-order valence-electron chi connectivity index (χ0n) is 11.6. The first-order chi connectivity index (χ1) is 9.76. The Hall–Kier alpha value is -1.76. The molecule has 1 aliphatic heterocycles. The summed E-state index contributed by atoms with van der Waals surface area (Å²) < 4.78 is 5.31. The minimum atomic E-state index is 0.602. The van der Waals surface area contributed by atoms with E-state index >= 15 is 0 Å². The number of furan rings is 1. The summed E-state index contributed by atoms with van der Waals surface area (Å²) in [6.07, 6.45) is 4.08. The molecule has 6 nitrogen and oxygen atoms in total. The molecule has 1 saturated heterocycles. The fourth-order valence-electron chi connectivity index (χ4n) is 2.14. The predicted octanol–water partition coefficient (Wildman–Crippen LogP) is 2.57. The van der Waals surface area contributed by atoms with E-state index in [-0.39, 0.29) is 0 Å². The van der Waals surface area contributed by atoms with Gasteiger partial charge < -0.3 is 14.6 Å². The molecule has 0 spiro atoms. The average molecular weight is 291 g/mol. The molecular weight excluding hydrogens is 274 g/mol. The van der Waals surface area contributed by atoms with Gasteiger partial charge in [0.1, 0.15) is 5.76 Å². The fraction of sp³-hybridized carbons (Fsp3) is 0.462. The normalized spacial score (nSPS) is 14.8. The number of aromatic nitrogens is 3. The van der Waals surface area contributed by atoms with Crippen LogP contribution in [0, 0.1) is 6.92 Å². The van der Waals surface area contributed by atoms with Crippen molar-refractivity contribution in [2.75, 3.05) is 30.4 Å². The van der Waals surface area contributed by atoms with Gasteiger partial charge in [0.2, 0.25) is 11.9 Å². The molecule has 2 aromatic heterocycles. The van der Waals surface area contributed by atoms with Gasteiger partial charge in [-0.3, -0.25) is 0 Å². The van der Waals surface area contributed by atoms with Crippen LogP contribution in [-0.2, 0) is 0 Å². The van der Waals surface area contributed by atoms with Crippen LogP contribution in [0.3, 0.4) is 0 Å². The van der Waals surface area contributed by atoms with Crippen LogP contribution in [0.4, 0.5) is 11.9 Å². The molecule has 7 heteroatoms. The maximum absolute atomic E-state index is 5.31. The Kier molecular flexibility index (Phi) is 3.77. The Balaban J connectivity index is 1.89. The molecule has 0 unspecified atom stereocenters. The van der Waals surface area contributed by atoms with Gasteiger partial charge in [-0.15, -0.1) is 0 Å². The van der Waals surface area contributed by atoms with E-state index in [2.05, 4.69) is 25.2 Å². The van der Waals surface area contributed by atoms with Crippen LogP contribution in [0.5, 0.6) is 0 Å². The van der Waals surface area contributed by atoms with Crippen molar-refractivity contribution in [3.63, 3.8) is 0 Å². The molecule has 0 bridgehead atoms. The van der Waals surface area contributed by atoms with E-state index in [4.69, 9.17) is 4.42 Å². The van der Waals surface area contributed by atoms with Gasteiger partial charge in [-0.2, -0.15) is 15.0 Å². The molecule has 1 N–H and O–H groups in total. The van der Waals surface area contributed by atoms with Gasteiger partial charge in [-0.1, -0.05) is 0 Å². The molecule has 20 heavy (non-hydrogen) atoms. The fourth-order valence-corrected chi connectivity index (χ4v) is 2.91. The van der Waals surface area contributed by atoms with E-state index in [0.29, 0.717) is 11.1 Å². The van der Waals surface area contributed by atoms with E-state index in [1.807, 2.05) is 20.0 Å². The third-order valence-electron chi connectivity index (χ3n) is 3.23. The van der Waals surface area contributed by atoms with Gasteiger partial charge in [0.25, 0.3) is 0 Å². The third-order valence-corrected chi connectivity index (χ3v) is 4.24. The first kappa shape index (κ1) is 13.2. The standard InChI is InChI=1S/C13H17N5OS/c1-9-10(5-8-19-9)20-13-16-11(14-2)15-12(17-13)18-6-3-4-7-18/h5,8H,3-4,6-7H2,1-2H3,(H,14,15,16,17). The minimum Gasteiger partial charge on any atom is -0.468 e. The molecule has 0 amide bonds. The van der Waals surface area contributed by atoms with Crippen molar-refractivity contribution in [3.8, 4) is 0 Å². The number of hydrogen-bond acceptors (Lipinski definition) is 7. The van der Waals surface area contributed by atoms with E-state index < -0.39 is 0 Å². The average Bonchev–Trinajstić information content (AvgIpc) is 3.11. The third kappa shape index (κ3) is 2.72. The lowest BCUT2D eigenvalue weighted by Gasteiger charge is -2.16. The molecule has 0 aromatic carbocycles. The minimum absolute atomic E-state index is 0.602. The maximum atomic E-state index is 5.31. The van der Waals surface area contributed by atoms with Crippen LogP contribution < -0.4 is 10.2 Å². The Morgan fingerprint density at radius 2 is 2.05 bits per heavy atom. The number of anilines is 2. The van der Waals surface area contributed by atoms with Crippen LogP contribution in [-0.4, -0.2) is 35.1 Å². The van der Waals surface area contributed by atoms with E-state index in [0.717, 1.165) is 29.7 Å². The summed E-state index contributed by atoms with van der Waals surface area (Å²) >= 11 is 1.50. The van der Waals surface area contributed by atoms with Gasteiger partial charge in [-0.05, 0) is 37.6 Å². The summed E-state index contributed by atoms with van der Waals surface area (Å²) in [7, 11) is 1.82.